The molecular weight excluding hydrogens is 504 g/mol. The molecular formula is C23H21BrN6O2S. The summed E-state index contributed by atoms with van der Waals surface area (Å²) in [7, 11) is 1.58. The number of rotatable bonds is 7. The number of carbonyl (C=O) groups excluding carboxylic acids is 1. The monoisotopic (exact) mass is 524 g/mol. The highest BCUT2D eigenvalue weighted by Crippen LogP contribution is 2.25. The summed E-state index contributed by atoms with van der Waals surface area (Å²) in [6, 6.07) is 16.7. The van der Waals surface area contributed by atoms with E-state index in [9.17, 15) is 4.79 Å². The van der Waals surface area contributed by atoms with Gasteiger partial charge in [-0.2, -0.15) is 0 Å². The number of hydrogen-bond donors (Lipinski definition) is 1. The molecule has 0 aliphatic rings. The number of benzene rings is 2. The molecule has 0 unspecified atom stereocenters. The Hall–Kier alpha value is -3.24. The van der Waals surface area contributed by atoms with Crippen LogP contribution in [0.15, 0.2) is 64.2 Å². The van der Waals surface area contributed by atoms with Crippen LogP contribution in [0, 0.1) is 13.8 Å². The molecule has 0 radical (unpaired) electrons. The lowest BCUT2D eigenvalue weighted by Crippen LogP contribution is -2.15. The molecule has 33 heavy (non-hydrogen) atoms. The van der Waals surface area contributed by atoms with Gasteiger partial charge in [-0.25, -0.2) is 14.6 Å². The minimum absolute atomic E-state index is 0.234. The topological polar surface area (TPSA) is 94.8 Å². The summed E-state index contributed by atoms with van der Waals surface area (Å²) in [6.07, 6.45) is 0. The molecule has 0 atom stereocenters. The molecule has 0 aliphatic heterocycles. The van der Waals surface area contributed by atoms with Gasteiger partial charge in [0.15, 0.2) is 10.9 Å². The minimum atomic E-state index is -0.358. The van der Waals surface area contributed by atoms with Crippen molar-refractivity contribution in [1.82, 2.24) is 25.0 Å². The van der Waals surface area contributed by atoms with Gasteiger partial charge in [-0.3, -0.25) is 4.79 Å². The van der Waals surface area contributed by atoms with Gasteiger partial charge >= 0.3 is 0 Å². The molecule has 2 heterocycles. The van der Waals surface area contributed by atoms with Gasteiger partial charge in [0, 0.05) is 33.4 Å². The van der Waals surface area contributed by atoms with E-state index in [0.29, 0.717) is 28.0 Å². The van der Waals surface area contributed by atoms with Gasteiger partial charge in [0.05, 0.1) is 18.5 Å². The van der Waals surface area contributed by atoms with E-state index in [4.69, 9.17) is 4.74 Å². The summed E-state index contributed by atoms with van der Waals surface area (Å²) in [4.78, 5) is 22.1. The summed E-state index contributed by atoms with van der Waals surface area (Å²) in [5.74, 6) is 0.699. The number of aryl methyl sites for hydroxylation is 2. The maximum atomic E-state index is 13.1. The largest absolute Gasteiger partial charge is 0.497 e. The molecule has 10 heteroatoms. The zero-order valence-electron chi connectivity index (χ0n) is 18.2. The molecule has 1 amide bonds. The van der Waals surface area contributed by atoms with Crippen molar-refractivity contribution in [3.05, 3.63) is 81.8 Å². The number of hydrogen-bond acceptors (Lipinski definition) is 7. The van der Waals surface area contributed by atoms with Gasteiger partial charge in [0.25, 0.3) is 5.91 Å². The third-order valence-corrected chi connectivity index (χ3v) is 6.06. The van der Waals surface area contributed by atoms with Crippen LogP contribution in [0.3, 0.4) is 0 Å². The van der Waals surface area contributed by atoms with E-state index in [-0.39, 0.29) is 11.6 Å². The van der Waals surface area contributed by atoms with E-state index in [2.05, 4.69) is 41.5 Å². The second-order valence-electron chi connectivity index (χ2n) is 7.18. The third kappa shape index (κ3) is 5.58. The number of halogens is 1. The Balaban J connectivity index is 1.66. The van der Waals surface area contributed by atoms with Crippen LogP contribution in [-0.2, 0) is 5.75 Å². The zero-order valence-corrected chi connectivity index (χ0v) is 20.6. The van der Waals surface area contributed by atoms with E-state index < -0.39 is 0 Å². The number of methoxy groups -OCH3 is 1. The summed E-state index contributed by atoms with van der Waals surface area (Å²) >= 11 is 4.88. The number of anilines is 1. The summed E-state index contributed by atoms with van der Waals surface area (Å²) in [6.45, 7) is 3.86. The lowest BCUT2D eigenvalue weighted by atomic mass is 10.2. The molecule has 4 aromatic rings. The number of carbonyl (C=O) groups is 1. The van der Waals surface area contributed by atoms with E-state index in [1.807, 2.05) is 50.2 Å². The lowest BCUT2D eigenvalue weighted by Gasteiger charge is -2.09. The van der Waals surface area contributed by atoms with Crippen molar-refractivity contribution in [2.45, 2.75) is 24.8 Å². The molecule has 2 aromatic carbocycles. The number of ether oxygens (including phenoxy) is 1. The van der Waals surface area contributed by atoms with Crippen LogP contribution in [0.2, 0.25) is 0 Å². The van der Waals surface area contributed by atoms with Crippen molar-refractivity contribution < 1.29 is 9.53 Å². The molecule has 4 rings (SSSR count). The fourth-order valence-electron chi connectivity index (χ4n) is 3.18. The number of thioether (sulfide) groups is 1. The highest BCUT2D eigenvalue weighted by atomic mass is 79.9. The number of nitrogens with zero attached hydrogens (tertiary/aromatic N) is 5. The smallest absolute Gasteiger partial charge is 0.278 e. The first-order valence-electron chi connectivity index (χ1n) is 10.0. The first-order valence-corrected chi connectivity index (χ1v) is 11.8. The van der Waals surface area contributed by atoms with Crippen molar-refractivity contribution in [3.63, 3.8) is 0 Å². The second-order valence-corrected chi connectivity index (χ2v) is 9.04. The molecule has 168 valence electrons. The van der Waals surface area contributed by atoms with Crippen LogP contribution < -0.4 is 10.1 Å². The van der Waals surface area contributed by atoms with Crippen molar-refractivity contribution in [3.8, 4) is 11.4 Å². The second kappa shape index (κ2) is 10.1. The van der Waals surface area contributed by atoms with Crippen LogP contribution in [-0.4, -0.2) is 38.0 Å². The molecule has 0 fully saturated rings. The average molecular weight is 525 g/mol. The normalized spacial score (nSPS) is 10.8. The third-order valence-electron chi connectivity index (χ3n) is 4.68. The molecule has 0 bridgehead atoms. The fourth-order valence-corrected chi connectivity index (χ4v) is 4.39. The van der Waals surface area contributed by atoms with E-state index >= 15 is 0 Å². The van der Waals surface area contributed by atoms with Crippen LogP contribution in [0.5, 0.6) is 5.75 Å². The van der Waals surface area contributed by atoms with Crippen molar-refractivity contribution in [1.29, 1.82) is 0 Å². The number of nitrogens with one attached hydrogen (secondary N) is 1. The van der Waals surface area contributed by atoms with Crippen LogP contribution in [0.25, 0.3) is 5.69 Å². The zero-order chi connectivity index (χ0) is 23.4. The molecule has 0 saturated carbocycles. The van der Waals surface area contributed by atoms with Crippen molar-refractivity contribution >= 4 is 39.3 Å². The minimum Gasteiger partial charge on any atom is -0.497 e. The Morgan fingerprint density at radius 3 is 2.52 bits per heavy atom. The first-order chi connectivity index (χ1) is 15.9. The van der Waals surface area contributed by atoms with Gasteiger partial charge in [-0.15, -0.1) is 5.10 Å². The Bertz CT molecular complexity index is 1270. The highest BCUT2D eigenvalue weighted by molar-refractivity contribution is 9.10. The first kappa shape index (κ1) is 22.9. The average Bonchev–Trinajstić information content (AvgIpc) is 3.22. The van der Waals surface area contributed by atoms with Crippen LogP contribution in [0.4, 0.5) is 5.69 Å². The van der Waals surface area contributed by atoms with Gasteiger partial charge in [0.2, 0.25) is 0 Å². The number of aromatic nitrogens is 5. The summed E-state index contributed by atoms with van der Waals surface area (Å²) in [5, 5.41) is 12.0. The predicted molar refractivity (Wildman–Crippen MR) is 131 cm³/mol. The summed E-state index contributed by atoms with van der Waals surface area (Å²) < 4.78 is 7.86. The van der Waals surface area contributed by atoms with Gasteiger partial charge < -0.3 is 10.1 Å². The molecule has 2 aromatic heterocycles. The standard InChI is InChI=1S/C23H21BrN6O2S/c1-14-11-15(2)26-23(25-14)33-13-20-21(22(31)27-17-5-4-6-19(12-17)32-3)28-29-30(20)18-9-7-16(24)8-10-18/h4-12H,13H2,1-3H3,(H,27,31). The van der Waals surface area contributed by atoms with Crippen LogP contribution in [0.1, 0.15) is 27.6 Å². The maximum absolute atomic E-state index is 13.1. The lowest BCUT2D eigenvalue weighted by molar-refractivity contribution is 0.102. The molecule has 1 N–H and O–H groups in total. The SMILES string of the molecule is COc1cccc(NC(=O)c2nnn(-c3ccc(Br)cc3)c2CSc2nc(C)cc(C)n2)c1. The molecule has 0 aliphatic carbocycles. The van der Waals surface area contributed by atoms with Crippen molar-refractivity contribution in [2.75, 3.05) is 12.4 Å². The summed E-state index contributed by atoms with van der Waals surface area (Å²) in [5.41, 5.74) is 4.06. The quantitative estimate of drug-likeness (QED) is 0.268. The molecule has 0 spiro atoms. The van der Waals surface area contributed by atoms with E-state index in [1.165, 1.54) is 11.8 Å². The van der Waals surface area contributed by atoms with Crippen LogP contribution >= 0.6 is 27.7 Å². The fraction of sp³-hybridized carbons (Fsp3) is 0.174. The molecule has 0 saturated heterocycles. The van der Waals surface area contributed by atoms with Crippen molar-refractivity contribution in [2.24, 2.45) is 0 Å². The highest BCUT2D eigenvalue weighted by Gasteiger charge is 2.22. The van der Waals surface area contributed by atoms with Gasteiger partial charge in [0.1, 0.15) is 5.75 Å². The number of amides is 1. The Morgan fingerprint density at radius 2 is 1.82 bits per heavy atom. The van der Waals surface area contributed by atoms with E-state index in [1.54, 1.807) is 30.0 Å². The Labute approximate surface area is 203 Å². The molecule has 8 nitrogen and oxygen atoms in total. The van der Waals surface area contributed by atoms with Gasteiger partial charge in [-0.1, -0.05) is 39.0 Å². The van der Waals surface area contributed by atoms with Gasteiger partial charge in [-0.05, 0) is 56.3 Å². The predicted octanol–water partition coefficient (Wildman–Crippen LogP) is 4.99. The Kier molecular flexibility index (Phi) is 7.05. The Morgan fingerprint density at radius 1 is 1.09 bits per heavy atom. The maximum Gasteiger partial charge on any atom is 0.278 e. The van der Waals surface area contributed by atoms with E-state index in [0.717, 1.165) is 21.5 Å².